The number of hydrogen-bond acceptors (Lipinski definition) is 4. The van der Waals surface area contributed by atoms with E-state index in [9.17, 15) is 8.42 Å². The maximum absolute atomic E-state index is 11.4. The van der Waals surface area contributed by atoms with Gasteiger partial charge in [0.2, 0.25) is 10.0 Å². The van der Waals surface area contributed by atoms with E-state index < -0.39 is 10.0 Å². The fourth-order valence-electron chi connectivity index (χ4n) is 2.67. The van der Waals surface area contributed by atoms with E-state index in [0.717, 1.165) is 32.7 Å². The Balaban J connectivity index is 1.81. The van der Waals surface area contributed by atoms with Gasteiger partial charge in [-0.25, -0.2) is 12.7 Å². The predicted molar refractivity (Wildman–Crippen MR) is 66.4 cm³/mol. The molecule has 2 atom stereocenters. The van der Waals surface area contributed by atoms with Crippen molar-refractivity contribution in [1.29, 1.82) is 0 Å². The van der Waals surface area contributed by atoms with Crippen molar-refractivity contribution in [1.82, 2.24) is 9.21 Å². The predicted octanol–water partition coefficient (Wildman–Crippen LogP) is -0.0114. The van der Waals surface area contributed by atoms with Crippen LogP contribution in [0.25, 0.3) is 0 Å². The molecule has 2 aliphatic heterocycles. The van der Waals surface area contributed by atoms with Crippen LogP contribution >= 0.6 is 0 Å². The highest BCUT2D eigenvalue weighted by Gasteiger charge is 2.30. The highest BCUT2D eigenvalue weighted by molar-refractivity contribution is 7.88. The van der Waals surface area contributed by atoms with Gasteiger partial charge in [-0.05, 0) is 19.3 Å². The van der Waals surface area contributed by atoms with Gasteiger partial charge in [-0.3, -0.25) is 4.90 Å². The third-order valence-corrected chi connectivity index (χ3v) is 4.83. The van der Waals surface area contributed by atoms with Crippen LogP contribution in [-0.2, 0) is 14.8 Å². The van der Waals surface area contributed by atoms with E-state index in [1.165, 1.54) is 6.26 Å². The Bertz CT molecular complexity index is 358. The lowest BCUT2D eigenvalue weighted by atomic mass is 10.1. The third-order valence-electron chi connectivity index (χ3n) is 3.56. The molecule has 100 valence electrons. The van der Waals surface area contributed by atoms with Gasteiger partial charge < -0.3 is 4.74 Å². The van der Waals surface area contributed by atoms with E-state index in [4.69, 9.17) is 4.74 Å². The molecule has 0 aromatic heterocycles. The first-order valence-corrected chi connectivity index (χ1v) is 8.09. The number of rotatable bonds is 3. The minimum atomic E-state index is -3.00. The van der Waals surface area contributed by atoms with E-state index in [-0.39, 0.29) is 0 Å². The molecule has 2 rings (SSSR count). The normalized spacial score (nSPS) is 33.1. The summed E-state index contributed by atoms with van der Waals surface area (Å²) in [7, 11) is -3.00. The molecule has 0 saturated carbocycles. The molecular weight excluding hydrogens is 240 g/mol. The summed E-state index contributed by atoms with van der Waals surface area (Å²) in [6, 6.07) is 0. The maximum atomic E-state index is 11.4. The first kappa shape index (κ1) is 13.3. The van der Waals surface area contributed by atoms with Crippen molar-refractivity contribution in [3.63, 3.8) is 0 Å². The monoisotopic (exact) mass is 262 g/mol. The average molecular weight is 262 g/mol. The van der Waals surface area contributed by atoms with E-state index in [1.807, 2.05) is 0 Å². The topological polar surface area (TPSA) is 49.9 Å². The van der Waals surface area contributed by atoms with Crippen LogP contribution < -0.4 is 0 Å². The largest absolute Gasteiger partial charge is 0.376 e. The highest BCUT2D eigenvalue weighted by atomic mass is 32.2. The van der Waals surface area contributed by atoms with Gasteiger partial charge in [0, 0.05) is 32.7 Å². The molecule has 2 fully saturated rings. The Morgan fingerprint density at radius 3 is 2.65 bits per heavy atom. The molecule has 0 bridgehead atoms. The summed E-state index contributed by atoms with van der Waals surface area (Å²) in [5.41, 5.74) is 0. The van der Waals surface area contributed by atoms with Gasteiger partial charge in [-0.15, -0.1) is 0 Å². The Labute approximate surface area is 104 Å². The Hall–Kier alpha value is -0.170. The van der Waals surface area contributed by atoms with Crippen LogP contribution in [0.2, 0.25) is 0 Å². The molecule has 0 aromatic rings. The first-order chi connectivity index (χ1) is 7.95. The van der Waals surface area contributed by atoms with Crippen LogP contribution in [-0.4, -0.2) is 69.3 Å². The van der Waals surface area contributed by atoms with E-state index in [0.29, 0.717) is 25.1 Å². The molecule has 0 amide bonds. The summed E-state index contributed by atoms with van der Waals surface area (Å²) in [5.74, 6) is 0.482. The number of nitrogens with zero attached hydrogens (tertiary/aromatic N) is 2. The second kappa shape index (κ2) is 5.22. The standard InChI is InChI=1S/C11H22N2O3S/c1-10-7-12(5-6-16-10)8-11-3-4-13(9-11)17(2,14)15/h10-11H,3-9H2,1-2H3. The minimum Gasteiger partial charge on any atom is -0.376 e. The van der Waals surface area contributed by atoms with Crippen molar-refractivity contribution in [2.45, 2.75) is 19.4 Å². The van der Waals surface area contributed by atoms with Crippen molar-refractivity contribution in [3.8, 4) is 0 Å². The lowest BCUT2D eigenvalue weighted by molar-refractivity contribution is -0.0224. The number of hydrogen-bond donors (Lipinski definition) is 0. The van der Waals surface area contributed by atoms with Crippen molar-refractivity contribution >= 4 is 10.0 Å². The fourth-order valence-corrected chi connectivity index (χ4v) is 3.59. The Morgan fingerprint density at radius 1 is 1.29 bits per heavy atom. The van der Waals surface area contributed by atoms with E-state index in [1.54, 1.807) is 4.31 Å². The summed E-state index contributed by atoms with van der Waals surface area (Å²) in [5, 5.41) is 0. The quantitative estimate of drug-likeness (QED) is 0.718. The van der Waals surface area contributed by atoms with Gasteiger partial charge in [0.25, 0.3) is 0 Å². The SMILES string of the molecule is CC1CN(CC2CCN(S(C)(=O)=O)C2)CCO1. The molecule has 2 unspecified atom stereocenters. The molecule has 2 saturated heterocycles. The van der Waals surface area contributed by atoms with Gasteiger partial charge in [0.1, 0.15) is 0 Å². The van der Waals surface area contributed by atoms with Gasteiger partial charge in [0.05, 0.1) is 19.0 Å². The average Bonchev–Trinajstić information content (AvgIpc) is 2.65. The van der Waals surface area contributed by atoms with Gasteiger partial charge in [0.15, 0.2) is 0 Å². The van der Waals surface area contributed by atoms with Crippen LogP contribution in [0, 0.1) is 5.92 Å². The molecule has 2 heterocycles. The molecule has 5 nitrogen and oxygen atoms in total. The third kappa shape index (κ3) is 3.64. The summed E-state index contributed by atoms with van der Waals surface area (Å²) in [6.07, 6.45) is 2.58. The summed E-state index contributed by atoms with van der Waals surface area (Å²) in [4.78, 5) is 2.39. The van der Waals surface area contributed by atoms with Gasteiger partial charge >= 0.3 is 0 Å². The van der Waals surface area contributed by atoms with Crippen molar-refractivity contribution in [2.24, 2.45) is 5.92 Å². The van der Waals surface area contributed by atoms with Gasteiger partial charge in [-0.1, -0.05) is 0 Å². The zero-order chi connectivity index (χ0) is 12.5. The number of sulfonamides is 1. The molecule has 0 aromatic carbocycles. The van der Waals surface area contributed by atoms with Crippen LogP contribution in [0.3, 0.4) is 0 Å². The molecule has 0 spiro atoms. The lowest BCUT2D eigenvalue weighted by Crippen LogP contribution is -2.43. The molecule has 0 N–H and O–H groups in total. The second-order valence-corrected chi connectivity index (χ2v) is 7.20. The van der Waals surface area contributed by atoms with Crippen LogP contribution in [0.5, 0.6) is 0 Å². The molecule has 2 aliphatic rings. The first-order valence-electron chi connectivity index (χ1n) is 6.24. The van der Waals surface area contributed by atoms with E-state index >= 15 is 0 Å². The number of morpholine rings is 1. The lowest BCUT2D eigenvalue weighted by Gasteiger charge is -2.32. The summed E-state index contributed by atoms with van der Waals surface area (Å²) in [6.45, 7) is 7.19. The smallest absolute Gasteiger partial charge is 0.211 e. The minimum absolute atomic E-state index is 0.302. The van der Waals surface area contributed by atoms with Crippen LogP contribution in [0.15, 0.2) is 0 Å². The molecule has 0 aliphatic carbocycles. The van der Waals surface area contributed by atoms with Gasteiger partial charge in [-0.2, -0.15) is 0 Å². The highest BCUT2D eigenvalue weighted by Crippen LogP contribution is 2.20. The Morgan fingerprint density at radius 2 is 2.06 bits per heavy atom. The van der Waals surface area contributed by atoms with Crippen LogP contribution in [0.1, 0.15) is 13.3 Å². The van der Waals surface area contributed by atoms with Crippen LogP contribution in [0.4, 0.5) is 0 Å². The van der Waals surface area contributed by atoms with Crippen molar-refractivity contribution in [2.75, 3.05) is 45.6 Å². The fraction of sp³-hybridized carbons (Fsp3) is 1.00. The second-order valence-electron chi connectivity index (χ2n) is 5.22. The maximum Gasteiger partial charge on any atom is 0.211 e. The zero-order valence-electron chi connectivity index (χ0n) is 10.6. The Kier molecular flexibility index (Phi) is 4.07. The van der Waals surface area contributed by atoms with Crippen molar-refractivity contribution in [3.05, 3.63) is 0 Å². The molecular formula is C11H22N2O3S. The van der Waals surface area contributed by atoms with Crippen molar-refractivity contribution < 1.29 is 13.2 Å². The summed E-state index contributed by atoms with van der Waals surface area (Å²) < 4.78 is 29.9. The zero-order valence-corrected chi connectivity index (χ0v) is 11.4. The van der Waals surface area contributed by atoms with E-state index in [2.05, 4.69) is 11.8 Å². The molecule has 0 radical (unpaired) electrons. The summed E-state index contributed by atoms with van der Waals surface area (Å²) >= 11 is 0. The molecule has 17 heavy (non-hydrogen) atoms. The molecule has 6 heteroatoms. The number of ether oxygens (including phenoxy) is 1.